The molecule has 1 unspecified atom stereocenters. The van der Waals surface area contributed by atoms with E-state index in [0.717, 1.165) is 0 Å². The van der Waals surface area contributed by atoms with E-state index in [4.69, 9.17) is 10.8 Å². The third-order valence-corrected chi connectivity index (χ3v) is 2.15. The maximum atomic E-state index is 10.9. The van der Waals surface area contributed by atoms with Crippen molar-refractivity contribution < 1.29 is 9.90 Å². The predicted molar refractivity (Wildman–Crippen MR) is 55.2 cm³/mol. The van der Waals surface area contributed by atoms with Gasteiger partial charge in [0.15, 0.2) is 0 Å². The van der Waals surface area contributed by atoms with Crippen molar-refractivity contribution in [2.24, 2.45) is 11.7 Å². The van der Waals surface area contributed by atoms with E-state index >= 15 is 0 Å². The number of carboxylic acid groups (broad SMARTS) is 1. The molecule has 5 heteroatoms. The fraction of sp³-hybridized carbons (Fsp3) is 0.500. The standard InChI is InChI=1S/C10H15N3O2/c11-4-1-3-8(10(14)15)7-9-12-5-2-6-13-9/h2,5-6,8H,1,3-4,7,11H2,(H,14,15). The van der Waals surface area contributed by atoms with Gasteiger partial charge in [0.1, 0.15) is 5.82 Å². The first-order valence-corrected chi connectivity index (χ1v) is 4.92. The van der Waals surface area contributed by atoms with Crippen LogP contribution in [0.2, 0.25) is 0 Å². The highest BCUT2D eigenvalue weighted by atomic mass is 16.4. The lowest BCUT2D eigenvalue weighted by Gasteiger charge is -2.09. The van der Waals surface area contributed by atoms with Crippen molar-refractivity contribution in [3.05, 3.63) is 24.3 Å². The molecule has 0 amide bonds. The van der Waals surface area contributed by atoms with Crippen molar-refractivity contribution in [1.29, 1.82) is 0 Å². The van der Waals surface area contributed by atoms with Crippen LogP contribution >= 0.6 is 0 Å². The number of hydrogen-bond donors (Lipinski definition) is 2. The zero-order valence-electron chi connectivity index (χ0n) is 8.47. The highest BCUT2D eigenvalue weighted by molar-refractivity contribution is 5.70. The van der Waals surface area contributed by atoms with E-state index in [1.54, 1.807) is 18.5 Å². The second-order valence-corrected chi connectivity index (χ2v) is 3.34. The molecule has 82 valence electrons. The molecule has 1 aromatic heterocycles. The molecule has 0 aliphatic rings. The van der Waals surface area contributed by atoms with Crippen LogP contribution in [0.4, 0.5) is 0 Å². The lowest BCUT2D eigenvalue weighted by Crippen LogP contribution is -2.19. The second-order valence-electron chi connectivity index (χ2n) is 3.34. The summed E-state index contributed by atoms with van der Waals surface area (Å²) in [6.45, 7) is 0.513. The summed E-state index contributed by atoms with van der Waals surface area (Å²) in [6.07, 6.45) is 4.89. The third kappa shape index (κ3) is 4.03. The lowest BCUT2D eigenvalue weighted by atomic mass is 9.99. The Morgan fingerprint density at radius 2 is 2.13 bits per heavy atom. The predicted octanol–water partition coefficient (Wildman–Crippen LogP) is 0.459. The van der Waals surface area contributed by atoms with Crippen molar-refractivity contribution in [2.45, 2.75) is 19.3 Å². The van der Waals surface area contributed by atoms with Crippen LogP contribution in [-0.2, 0) is 11.2 Å². The number of aliphatic carboxylic acids is 1. The normalized spacial score (nSPS) is 12.3. The molecule has 1 aromatic rings. The number of aromatic nitrogens is 2. The molecule has 0 aromatic carbocycles. The maximum absolute atomic E-state index is 10.9. The topological polar surface area (TPSA) is 89.1 Å². The van der Waals surface area contributed by atoms with Gasteiger partial charge in [0.2, 0.25) is 0 Å². The van der Waals surface area contributed by atoms with Crippen LogP contribution in [0.25, 0.3) is 0 Å². The Bertz CT molecular complexity index is 303. The summed E-state index contributed by atoms with van der Waals surface area (Å²) in [6, 6.07) is 1.71. The van der Waals surface area contributed by atoms with Crippen molar-refractivity contribution >= 4 is 5.97 Å². The van der Waals surface area contributed by atoms with Crippen molar-refractivity contribution in [3.8, 4) is 0 Å². The average Bonchev–Trinajstić information content (AvgIpc) is 2.25. The monoisotopic (exact) mass is 209 g/mol. The summed E-state index contributed by atoms with van der Waals surface area (Å²) in [5.41, 5.74) is 5.35. The molecule has 0 spiro atoms. The Morgan fingerprint density at radius 3 is 2.67 bits per heavy atom. The zero-order chi connectivity index (χ0) is 11.1. The Morgan fingerprint density at radius 1 is 1.47 bits per heavy atom. The van der Waals surface area contributed by atoms with E-state index in [2.05, 4.69) is 9.97 Å². The molecule has 5 nitrogen and oxygen atoms in total. The molecule has 0 aliphatic carbocycles. The molecule has 15 heavy (non-hydrogen) atoms. The first kappa shape index (κ1) is 11.6. The van der Waals surface area contributed by atoms with Gasteiger partial charge in [0.25, 0.3) is 0 Å². The molecular formula is C10H15N3O2. The minimum Gasteiger partial charge on any atom is -0.481 e. The largest absolute Gasteiger partial charge is 0.481 e. The summed E-state index contributed by atoms with van der Waals surface area (Å²) < 4.78 is 0. The summed E-state index contributed by atoms with van der Waals surface area (Å²) >= 11 is 0. The molecule has 1 rings (SSSR count). The van der Waals surface area contributed by atoms with Gasteiger partial charge in [-0.05, 0) is 25.5 Å². The van der Waals surface area contributed by atoms with E-state index in [9.17, 15) is 4.79 Å². The Hall–Kier alpha value is -1.49. The van der Waals surface area contributed by atoms with E-state index in [1.807, 2.05) is 0 Å². The van der Waals surface area contributed by atoms with Crippen LogP contribution in [0.1, 0.15) is 18.7 Å². The van der Waals surface area contributed by atoms with Crippen LogP contribution in [0.5, 0.6) is 0 Å². The van der Waals surface area contributed by atoms with Crippen molar-refractivity contribution in [1.82, 2.24) is 9.97 Å². The number of hydrogen-bond acceptors (Lipinski definition) is 4. The van der Waals surface area contributed by atoms with Crippen molar-refractivity contribution in [3.63, 3.8) is 0 Å². The minimum absolute atomic E-state index is 0.371. The number of carboxylic acids is 1. The Balaban J connectivity index is 2.55. The average molecular weight is 209 g/mol. The van der Waals surface area contributed by atoms with Gasteiger partial charge in [-0.3, -0.25) is 4.79 Å². The van der Waals surface area contributed by atoms with Gasteiger partial charge in [-0.1, -0.05) is 0 Å². The second kappa shape index (κ2) is 6.08. The molecule has 3 N–H and O–H groups in total. The molecule has 1 heterocycles. The van der Waals surface area contributed by atoms with Crippen molar-refractivity contribution in [2.75, 3.05) is 6.54 Å². The van der Waals surface area contributed by atoms with Gasteiger partial charge in [0, 0.05) is 18.8 Å². The lowest BCUT2D eigenvalue weighted by molar-refractivity contribution is -0.142. The van der Waals surface area contributed by atoms with Crippen LogP contribution in [0.3, 0.4) is 0 Å². The smallest absolute Gasteiger partial charge is 0.306 e. The number of rotatable bonds is 6. The summed E-state index contributed by atoms with van der Waals surface area (Å²) in [7, 11) is 0. The molecule has 0 saturated heterocycles. The van der Waals surface area contributed by atoms with Gasteiger partial charge in [-0.25, -0.2) is 9.97 Å². The van der Waals surface area contributed by atoms with Gasteiger partial charge in [0.05, 0.1) is 5.92 Å². The van der Waals surface area contributed by atoms with Crippen LogP contribution in [0, 0.1) is 5.92 Å². The van der Waals surface area contributed by atoms with E-state index in [0.29, 0.717) is 31.6 Å². The molecule has 0 aliphatic heterocycles. The summed E-state index contributed by atoms with van der Waals surface area (Å²) in [4.78, 5) is 18.9. The maximum Gasteiger partial charge on any atom is 0.306 e. The fourth-order valence-corrected chi connectivity index (χ4v) is 1.33. The SMILES string of the molecule is NCCCC(Cc1ncccn1)C(=O)O. The van der Waals surface area contributed by atoms with E-state index < -0.39 is 11.9 Å². The first-order valence-electron chi connectivity index (χ1n) is 4.92. The molecule has 0 fully saturated rings. The molecular weight excluding hydrogens is 194 g/mol. The van der Waals surface area contributed by atoms with Crippen LogP contribution in [-0.4, -0.2) is 27.6 Å². The van der Waals surface area contributed by atoms with Gasteiger partial charge >= 0.3 is 5.97 Å². The third-order valence-electron chi connectivity index (χ3n) is 2.15. The fourth-order valence-electron chi connectivity index (χ4n) is 1.33. The molecule has 0 saturated carbocycles. The minimum atomic E-state index is -0.809. The Labute approximate surface area is 88.4 Å². The van der Waals surface area contributed by atoms with Gasteiger partial charge in [-0.2, -0.15) is 0 Å². The zero-order valence-corrected chi connectivity index (χ0v) is 8.47. The van der Waals surface area contributed by atoms with Gasteiger partial charge < -0.3 is 10.8 Å². The van der Waals surface area contributed by atoms with Gasteiger partial charge in [-0.15, -0.1) is 0 Å². The van der Waals surface area contributed by atoms with Crippen LogP contribution < -0.4 is 5.73 Å². The number of nitrogens with zero attached hydrogens (tertiary/aromatic N) is 2. The highest BCUT2D eigenvalue weighted by Crippen LogP contribution is 2.11. The summed E-state index contributed by atoms with van der Waals surface area (Å²) in [5, 5.41) is 8.96. The van der Waals surface area contributed by atoms with E-state index in [1.165, 1.54) is 0 Å². The first-order chi connectivity index (χ1) is 7.24. The quantitative estimate of drug-likeness (QED) is 0.710. The number of carbonyl (C=O) groups is 1. The molecule has 0 radical (unpaired) electrons. The van der Waals surface area contributed by atoms with E-state index in [-0.39, 0.29) is 0 Å². The van der Waals surface area contributed by atoms with Crippen LogP contribution in [0.15, 0.2) is 18.5 Å². The molecule has 1 atom stereocenters. The molecule has 0 bridgehead atoms. The highest BCUT2D eigenvalue weighted by Gasteiger charge is 2.18. The Kier molecular flexibility index (Phi) is 4.70. The number of nitrogens with two attached hydrogens (primary N) is 1. The summed E-state index contributed by atoms with van der Waals surface area (Å²) in [5.74, 6) is -0.672.